The van der Waals surface area contributed by atoms with Crippen molar-refractivity contribution in [3.8, 4) is 0 Å². The molecule has 0 spiro atoms. The molecule has 0 aliphatic carbocycles. The lowest BCUT2D eigenvalue weighted by Crippen LogP contribution is -2.30. The van der Waals surface area contributed by atoms with Gasteiger partial charge in [0.1, 0.15) is 0 Å². The van der Waals surface area contributed by atoms with Crippen LogP contribution in [0.5, 0.6) is 0 Å². The van der Waals surface area contributed by atoms with Gasteiger partial charge < -0.3 is 15.5 Å². The lowest BCUT2D eigenvalue weighted by molar-refractivity contribution is -0.114. The fraction of sp³-hybridized carbons (Fsp3) is 0.316. The first-order valence-electron chi connectivity index (χ1n) is 8.16. The molecule has 0 fully saturated rings. The molecular formula is C19H24ClN3O. The molecule has 0 radical (unpaired) electrons. The van der Waals surface area contributed by atoms with Crippen LogP contribution in [0.1, 0.15) is 20.8 Å². The summed E-state index contributed by atoms with van der Waals surface area (Å²) >= 11 is 6.06. The van der Waals surface area contributed by atoms with Crippen LogP contribution in [0, 0.1) is 0 Å². The fourth-order valence-electron chi connectivity index (χ4n) is 2.57. The van der Waals surface area contributed by atoms with Crippen LogP contribution in [0.2, 0.25) is 5.02 Å². The van der Waals surface area contributed by atoms with E-state index in [0.717, 1.165) is 23.6 Å². The summed E-state index contributed by atoms with van der Waals surface area (Å²) in [6, 6.07) is 15.7. The van der Waals surface area contributed by atoms with E-state index >= 15 is 0 Å². The molecule has 0 saturated heterocycles. The van der Waals surface area contributed by atoms with Crippen LogP contribution in [0.15, 0.2) is 48.5 Å². The molecule has 2 aromatic rings. The Hall–Kier alpha value is -2.20. The first-order chi connectivity index (χ1) is 11.5. The molecule has 2 aromatic carbocycles. The van der Waals surface area contributed by atoms with Crippen molar-refractivity contribution in [2.45, 2.75) is 26.8 Å². The average molecular weight is 346 g/mol. The van der Waals surface area contributed by atoms with Gasteiger partial charge in [0.2, 0.25) is 5.91 Å². The Balaban J connectivity index is 1.91. The summed E-state index contributed by atoms with van der Waals surface area (Å²) in [4.78, 5) is 14.3. The minimum Gasteiger partial charge on any atom is -0.375 e. The number of carbonyl (C=O) groups is 1. The summed E-state index contributed by atoms with van der Waals surface area (Å²) < 4.78 is 0. The molecular weight excluding hydrogens is 322 g/mol. The number of anilines is 3. The molecule has 0 aliphatic rings. The van der Waals surface area contributed by atoms with Crippen molar-refractivity contribution in [2.24, 2.45) is 0 Å². The lowest BCUT2D eigenvalue weighted by atomic mass is 10.2. The van der Waals surface area contributed by atoms with Gasteiger partial charge in [-0.25, -0.2) is 0 Å². The van der Waals surface area contributed by atoms with E-state index in [0.29, 0.717) is 11.1 Å². The van der Waals surface area contributed by atoms with Crippen molar-refractivity contribution in [1.29, 1.82) is 0 Å². The highest BCUT2D eigenvalue weighted by molar-refractivity contribution is 6.33. The summed E-state index contributed by atoms with van der Waals surface area (Å²) in [6.45, 7) is 7.58. The third kappa shape index (κ3) is 4.90. The second kappa shape index (κ2) is 8.60. The van der Waals surface area contributed by atoms with Gasteiger partial charge in [-0.2, -0.15) is 0 Å². The van der Waals surface area contributed by atoms with Crippen LogP contribution in [0.3, 0.4) is 0 Å². The number of halogens is 1. The maximum absolute atomic E-state index is 12.1. The highest BCUT2D eigenvalue weighted by atomic mass is 35.5. The quantitative estimate of drug-likeness (QED) is 0.769. The van der Waals surface area contributed by atoms with Gasteiger partial charge in [-0.3, -0.25) is 4.79 Å². The van der Waals surface area contributed by atoms with E-state index in [-0.39, 0.29) is 12.5 Å². The molecule has 0 atom stereocenters. The molecule has 0 aliphatic heterocycles. The summed E-state index contributed by atoms with van der Waals surface area (Å²) in [5.74, 6) is -0.112. The van der Waals surface area contributed by atoms with Crippen LogP contribution >= 0.6 is 11.6 Å². The summed E-state index contributed by atoms with van der Waals surface area (Å²) in [6.07, 6.45) is 0. The van der Waals surface area contributed by atoms with Gasteiger partial charge in [-0.1, -0.05) is 23.7 Å². The van der Waals surface area contributed by atoms with E-state index in [1.165, 1.54) is 0 Å². The standard InChI is InChI=1S/C19H24ClN3O/c1-4-23(14(2)3)16-11-9-15(10-12-16)22-19(24)13-21-18-8-6-5-7-17(18)20/h5-12,14,21H,4,13H2,1-3H3,(H,22,24). The fourth-order valence-corrected chi connectivity index (χ4v) is 2.77. The molecule has 128 valence electrons. The van der Waals surface area contributed by atoms with E-state index in [9.17, 15) is 4.79 Å². The van der Waals surface area contributed by atoms with Crippen LogP contribution in [0.25, 0.3) is 0 Å². The van der Waals surface area contributed by atoms with Gasteiger partial charge >= 0.3 is 0 Å². The maximum Gasteiger partial charge on any atom is 0.243 e. The number of hydrogen-bond donors (Lipinski definition) is 2. The number of benzene rings is 2. The Morgan fingerprint density at radius 1 is 1.12 bits per heavy atom. The molecule has 0 aromatic heterocycles. The monoisotopic (exact) mass is 345 g/mol. The molecule has 0 heterocycles. The molecule has 0 bridgehead atoms. The number of carbonyl (C=O) groups excluding carboxylic acids is 1. The minimum atomic E-state index is -0.112. The molecule has 24 heavy (non-hydrogen) atoms. The Bertz CT molecular complexity index is 671. The molecule has 2 N–H and O–H groups in total. The largest absolute Gasteiger partial charge is 0.375 e. The zero-order chi connectivity index (χ0) is 17.5. The Kier molecular flexibility index (Phi) is 6.50. The summed E-state index contributed by atoms with van der Waals surface area (Å²) in [5.41, 5.74) is 2.68. The van der Waals surface area contributed by atoms with Gasteiger partial charge in [0, 0.05) is 24.0 Å². The second-order valence-electron chi connectivity index (χ2n) is 5.81. The predicted octanol–water partition coefficient (Wildman–Crippen LogP) is 4.63. The highest BCUT2D eigenvalue weighted by Crippen LogP contribution is 2.21. The van der Waals surface area contributed by atoms with Crippen LogP contribution in [-0.2, 0) is 4.79 Å². The van der Waals surface area contributed by atoms with Gasteiger partial charge in [0.25, 0.3) is 0 Å². The van der Waals surface area contributed by atoms with Crippen LogP contribution < -0.4 is 15.5 Å². The smallest absolute Gasteiger partial charge is 0.243 e. The Labute approximate surface area is 148 Å². The van der Waals surface area contributed by atoms with Gasteiger partial charge in [-0.15, -0.1) is 0 Å². The van der Waals surface area contributed by atoms with Crippen molar-refractivity contribution in [1.82, 2.24) is 0 Å². The van der Waals surface area contributed by atoms with Crippen molar-refractivity contribution in [2.75, 3.05) is 28.6 Å². The van der Waals surface area contributed by atoms with Gasteiger partial charge in [0.15, 0.2) is 0 Å². The minimum absolute atomic E-state index is 0.112. The third-order valence-electron chi connectivity index (χ3n) is 3.76. The molecule has 5 heteroatoms. The molecule has 4 nitrogen and oxygen atoms in total. The SMILES string of the molecule is CCN(c1ccc(NC(=O)CNc2ccccc2Cl)cc1)C(C)C. The Morgan fingerprint density at radius 3 is 2.38 bits per heavy atom. The Morgan fingerprint density at radius 2 is 1.79 bits per heavy atom. The molecule has 0 unspecified atom stereocenters. The van der Waals surface area contributed by atoms with Crippen molar-refractivity contribution in [3.63, 3.8) is 0 Å². The van der Waals surface area contributed by atoms with Gasteiger partial charge in [0.05, 0.1) is 17.3 Å². The van der Waals surface area contributed by atoms with Gasteiger partial charge in [-0.05, 0) is 57.2 Å². The zero-order valence-corrected chi connectivity index (χ0v) is 15.1. The predicted molar refractivity (Wildman–Crippen MR) is 103 cm³/mol. The molecule has 0 saturated carbocycles. The third-order valence-corrected chi connectivity index (χ3v) is 4.09. The van der Waals surface area contributed by atoms with E-state index < -0.39 is 0 Å². The normalized spacial score (nSPS) is 10.5. The van der Waals surface area contributed by atoms with Crippen LogP contribution in [-0.4, -0.2) is 25.0 Å². The van der Waals surface area contributed by atoms with Crippen molar-refractivity contribution < 1.29 is 4.79 Å². The van der Waals surface area contributed by atoms with Crippen LogP contribution in [0.4, 0.5) is 17.1 Å². The number of hydrogen-bond acceptors (Lipinski definition) is 3. The first-order valence-corrected chi connectivity index (χ1v) is 8.54. The number of para-hydroxylation sites is 1. The number of amides is 1. The lowest BCUT2D eigenvalue weighted by Gasteiger charge is -2.27. The summed E-state index contributed by atoms with van der Waals surface area (Å²) in [5, 5.41) is 6.52. The van der Waals surface area contributed by atoms with E-state index in [4.69, 9.17) is 11.6 Å². The molecule has 2 rings (SSSR count). The van der Waals surface area contributed by atoms with E-state index in [1.54, 1.807) is 6.07 Å². The second-order valence-corrected chi connectivity index (χ2v) is 6.22. The summed E-state index contributed by atoms with van der Waals surface area (Å²) in [7, 11) is 0. The number of nitrogens with zero attached hydrogens (tertiary/aromatic N) is 1. The van der Waals surface area contributed by atoms with E-state index in [2.05, 4.69) is 36.3 Å². The number of rotatable bonds is 7. The number of nitrogens with one attached hydrogen (secondary N) is 2. The first kappa shape index (κ1) is 18.1. The highest BCUT2D eigenvalue weighted by Gasteiger charge is 2.09. The molecule has 1 amide bonds. The zero-order valence-electron chi connectivity index (χ0n) is 14.3. The van der Waals surface area contributed by atoms with E-state index in [1.807, 2.05) is 42.5 Å². The topological polar surface area (TPSA) is 44.4 Å². The average Bonchev–Trinajstić information content (AvgIpc) is 2.56. The van der Waals surface area contributed by atoms with Crippen molar-refractivity contribution in [3.05, 3.63) is 53.6 Å². The van der Waals surface area contributed by atoms with Crippen molar-refractivity contribution >= 4 is 34.6 Å². The maximum atomic E-state index is 12.1.